The number of hydrogen-bond donors (Lipinski definition) is 0. The first-order valence-electron chi connectivity index (χ1n) is 9.68. The SMILES string of the molecule is Cc1cc(OCC2COC(c3c(F)cccc3F)=N2)c(Cl)c(C)c1-c1ccc(Cl)cc1. The van der Waals surface area contributed by atoms with Crippen molar-refractivity contribution in [3.05, 3.63) is 86.9 Å². The minimum absolute atomic E-state index is 0.0549. The Morgan fingerprint density at radius 3 is 2.39 bits per heavy atom. The van der Waals surface area contributed by atoms with Crippen molar-refractivity contribution in [2.24, 2.45) is 4.99 Å². The second-order valence-corrected chi connectivity index (χ2v) is 8.13. The van der Waals surface area contributed by atoms with Crippen LogP contribution in [0.15, 0.2) is 53.5 Å². The van der Waals surface area contributed by atoms with Gasteiger partial charge in [0.25, 0.3) is 0 Å². The Labute approximate surface area is 189 Å². The van der Waals surface area contributed by atoms with Gasteiger partial charge in [0, 0.05) is 5.02 Å². The number of aryl methyl sites for hydroxylation is 1. The van der Waals surface area contributed by atoms with E-state index >= 15 is 0 Å². The fourth-order valence-corrected chi connectivity index (χ4v) is 3.94. The van der Waals surface area contributed by atoms with Crippen LogP contribution in [0.1, 0.15) is 16.7 Å². The highest BCUT2D eigenvalue weighted by Crippen LogP contribution is 2.38. The smallest absolute Gasteiger partial charge is 0.222 e. The standard InChI is InChI=1S/C24H19Cl2F2NO2/c1-13-10-20(23(26)14(2)21(13)15-6-8-16(25)9-7-15)30-11-17-12-31-24(29-17)22-18(27)4-3-5-19(22)28/h3-10,17H,11-12H2,1-2H3. The van der Waals surface area contributed by atoms with E-state index in [9.17, 15) is 8.78 Å². The van der Waals surface area contributed by atoms with E-state index in [1.165, 1.54) is 18.2 Å². The zero-order valence-electron chi connectivity index (χ0n) is 16.9. The van der Waals surface area contributed by atoms with Gasteiger partial charge in [0.15, 0.2) is 0 Å². The molecule has 0 aliphatic carbocycles. The minimum Gasteiger partial charge on any atom is -0.490 e. The molecule has 1 aliphatic rings. The van der Waals surface area contributed by atoms with Gasteiger partial charge in [-0.15, -0.1) is 0 Å². The molecule has 1 atom stereocenters. The molecule has 3 aromatic carbocycles. The molecule has 1 unspecified atom stereocenters. The van der Waals surface area contributed by atoms with E-state index in [1.807, 2.05) is 44.2 Å². The van der Waals surface area contributed by atoms with E-state index in [0.717, 1.165) is 22.3 Å². The number of ether oxygens (including phenoxy) is 2. The molecule has 7 heteroatoms. The second-order valence-electron chi connectivity index (χ2n) is 7.32. The Balaban J connectivity index is 1.53. The van der Waals surface area contributed by atoms with Gasteiger partial charge in [-0.25, -0.2) is 13.8 Å². The molecule has 0 aromatic heterocycles. The summed E-state index contributed by atoms with van der Waals surface area (Å²) < 4.78 is 39.3. The first-order chi connectivity index (χ1) is 14.8. The molecule has 160 valence electrons. The zero-order chi connectivity index (χ0) is 22.1. The predicted molar refractivity (Wildman–Crippen MR) is 120 cm³/mol. The van der Waals surface area contributed by atoms with Gasteiger partial charge >= 0.3 is 0 Å². The molecule has 4 rings (SSSR count). The van der Waals surface area contributed by atoms with E-state index in [-0.39, 0.29) is 24.7 Å². The zero-order valence-corrected chi connectivity index (χ0v) is 18.4. The summed E-state index contributed by atoms with van der Waals surface area (Å²) in [6, 6.07) is 12.7. The van der Waals surface area contributed by atoms with E-state index < -0.39 is 17.7 Å². The number of rotatable bonds is 5. The van der Waals surface area contributed by atoms with Crippen molar-refractivity contribution in [3.8, 4) is 16.9 Å². The molecule has 1 heterocycles. The molecule has 0 radical (unpaired) electrons. The van der Waals surface area contributed by atoms with E-state index in [2.05, 4.69) is 4.99 Å². The topological polar surface area (TPSA) is 30.8 Å². The van der Waals surface area contributed by atoms with Crippen LogP contribution in [0.2, 0.25) is 10.0 Å². The van der Waals surface area contributed by atoms with E-state index in [0.29, 0.717) is 15.8 Å². The second kappa shape index (κ2) is 8.85. The fourth-order valence-electron chi connectivity index (χ4n) is 3.61. The average Bonchev–Trinajstić information content (AvgIpc) is 3.19. The summed E-state index contributed by atoms with van der Waals surface area (Å²) in [5.41, 5.74) is 3.66. The number of halogens is 4. The molecule has 0 saturated carbocycles. The Hall–Kier alpha value is -2.63. The maximum absolute atomic E-state index is 14.0. The Morgan fingerprint density at radius 2 is 1.71 bits per heavy atom. The van der Waals surface area contributed by atoms with Gasteiger partial charge in [-0.1, -0.05) is 41.4 Å². The van der Waals surface area contributed by atoms with Gasteiger partial charge < -0.3 is 9.47 Å². The van der Waals surface area contributed by atoms with Gasteiger partial charge in [-0.05, 0) is 66.4 Å². The number of hydrogen-bond acceptors (Lipinski definition) is 3. The van der Waals surface area contributed by atoms with Crippen LogP contribution in [0.4, 0.5) is 8.78 Å². The molecule has 1 aliphatic heterocycles. The highest BCUT2D eigenvalue weighted by molar-refractivity contribution is 6.33. The summed E-state index contributed by atoms with van der Waals surface area (Å²) in [4.78, 5) is 4.28. The summed E-state index contributed by atoms with van der Waals surface area (Å²) >= 11 is 12.6. The highest BCUT2D eigenvalue weighted by atomic mass is 35.5. The number of aliphatic imine (C=N–C) groups is 1. The quantitative estimate of drug-likeness (QED) is 0.419. The molecule has 0 N–H and O–H groups in total. The lowest BCUT2D eigenvalue weighted by Gasteiger charge is -2.17. The lowest BCUT2D eigenvalue weighted by molar-refractivity contribution is 0.242. The average molecular weight is 462 g/mol. The summed E-state index contributed by atoms with van der Waals surface area (Å²) in [6.07, 6.45) is 0. The largest absolute Gasteiger partial charge is 0.490 e. The van der Waals surface area contributed by atoms with Crippen molar-refractivity contribution in [3.63, 3.8) is 0 Å². The van der Waals surface area contributed by atoms with Gasteiger partial charge in [0.2, 0.25) is 5.90 Å². The first-order valence-corrected chi connectivity index (χ1v) is 10.4. The molecule has 31 heavy (non-hydrogen) atoms. The van der Waals surface area contributed by atoms with Crippen molar-refractivity contribution in [2.75, 3.05) is 13.2 Å². The van der Waals surface area contributed by atoms with Gasteiger partial charge in [0.1, 0.15) is 42.2 Å². The van der Waals surface area contributed by atoms with Crippen molar-refractivity contribution in [1.82, 2.24) is 0 Å². The lowest BCUT2D eigenvalue weighted by atomic mass is 9.95. The van der Waals surface area contributed by atoms with Crippen LogP contribution in [0.3, 0.4) is 0 Å². The van der Waals surface area contributed by atoms with Crippen molar-refractivity contribution in [2.45, 2.75) is 19.9 Å². The molecular formula is C24H19Cl2F2NO2. The minimum atomic E-state index is -0.715. The molecule has 0 spiro atoms. The third-order valence-electron chi connectivity index (χ3n) is 5.12. The molecule has 0 fully saturated rings. The molecule has 3 nitrogen and oxygen atoms in total. The Morgan fingerprint density at radius 1 is 1.03 bits per heavy atom. The fraction of sp³-hybridized carbons (Fsp3) is 0.208. The highest BCUT2D eigenvalue weighted by Gasteiger charge is 2.26. The summed E-state index contributed by atoms with van der Waals surface area (Å²) in [5.74, 6) is -0.962. The maximum atomic E-state index is 14.0. The molecular weight excluding hydrogens is 443 g/mol. The van der Waals surface area contributed by atoms with Crippen LogP contribution < -0.4 is 4.74 Å². The van der Waals surface area contributed by atoms with Crippen LogP contribution in [0.25, 0.3) is 11.1 Å². The third-order valence-corrected chi connectivity index (χ3v) is 5.84. The predicted octanol–water partition coefficient (Wildman–Crippen LogP) is 6.78. The van der Waals surface area contributed by atoms with Gasteiger partial charge in [0.05, 0.1) is 5.02 Å². The van der Waals surface area contributed by atoms with Crippen molar-refractivity contribution < 1.29 is 18.3 Å². The molecule has 0 saturated heterocycles. The van der Waals surface area contributed by atoms with E-state index in [1.54, 1.807) is 0 Å². The summed E-state index contributed by atoms with van der Waals surface area (Å²) in [7, 11) is 0. The van der Waals surface area contributed by atoms with Gasteiger partial charge in [-0.3, -0.25) is 0 Å². The van der Waals surface area contributed by atoms with Gasteiger partial charge in [-0.2, -0.15) is 0 Å². The van der Waals surface area contributed by atoms with Crippen LogP contribution in [0.5, 0.6) is 5.75 Å². The number of nitrogens with zero attached hydrogens (tertiary/aromatic N) is 1. The first kappa shape index (κ1) is 21.6. The summed E-state index contributed by atoms with van der Waals surface area (Å²) in [5, 5.41) is 1.16. The molecule has 0 bridgehead atoms. The van der Waals surface area contributed by atoms with Crippen molar-refractivity contribution >= 4 is 29.1 Å². The molecule has 3 aromatic rings. The molecule has 0 amide bonds. The number of benzene rings is 3. The normalized spacial score (nSPS) is 15.5. The van der Waals surface area contributed by atoms with E-state index in [4.69, 9.17) is 32.7 Å². The van der Waals surface area contributed by atoms with Crippen LogP contribution in [-0.4, -0.2) is 25.2 Å². The monoisotopic (exact) mass is 461 g/mol. The van der Waals surface area contributed by atoms with Crippen molar-refractivity contribution in [1.29, 1.82) is 0 Å². The Bertz CT molecular complexity index is 1140. The summed E-state index contributed by atoms with van der Waals surface area (Å²) in [6.45, 7) is 4.25. The van der Waals surface area contributed by atoms with Crippen LogP contribution in [-0.2, 0) is 4.74 Å². The van der Waals surface area contributed by atoms with Crippen LogP contribution >= 0.6 is 23.2 Å². The maximum Gasteiger partial charge on any atom is 0.222 e. The third kappa shape index (κ3) is 4.39. The van der Waals surface area contributed by atoms with Crippen LogP contribution in [0, 0.1) is 25.5 Å². The lowest BCUT2D eigenvalue weighted by Crippen LogP contribution is -2.17. The Kier molecular flexibility index (Phi) is 6.17.